The second-order valence-electron chi connectivity index (χ2n) is 3.29. The second-order valence-corrected chi connectivity index (χ2v) is 3.91. The van der Waals surface area contributed by atoms with Gasteiger partial charge in [-0.05, 0) is 25.0 Å². The number of aromatic nitrogens is 1. The summed E-state index contributed by atoms with van der Waals surface area (Å²) in [5.74, 6) is -0.0944. The van der Waals surface area contributed by atoms with Crippen molar-refractivity contribution in [2.75, 3.05) is 6.54 Å². The number of hydrogen-bond donors (Lipinski definition) is 1. The Morgan fingerprint density at radius 2 is 2.47 bits per heavy atom. The van der Waals surface area contributed by atoms with Crippen LogP contribution in [0.2, 0.25) is 0 Å². The quantitative estimate of drug-likeness (QED) is 0.783. The molecule has 0 saturated heterocycles. The predicted molar refractivity (Wildman–Crippen MR) is 61.1 cm³/mol. The number of alkyl halides is 1. The number of carbonyl (C=O) groups excluding carboxylic acids is 1. The largest absolute Gasteiger partial charge is 0.352 e. The molecular formula is C11H15ClN2O. The third-order valence-electron chi connectivity index (χ3n) is 2.11. The topological polar surface area (TPSA) is 42.0 Å². The molecule has 0 aliphatic heterocycles. The van der Waals surface area contributed by atoms with Crippen molar-refractivity contribution >= 4 is 17.5 Å². The van der Waals surface area contributed by atoms with Crippen LogP contribution in [0.5, 0.6) is 0 Å². The number of carbonyl (C=O) groups is 1. The van der Waals surface area contributed by atoms with Gasteiger partial charge in [0.2, 0.25) is 0 Å². The first-order chi connectivity index (χ1) is 7.24. The van der Waals surface area contributed by atoms with Crippen molar-refractivity contribution in [3.63, 3.8) is 0 Å². The number of hydrogen-bond acceptors (Lipinski definition) is 2. The van der Waals surface area contributed by atoms with E-state index in [-0.39, 0.29) is 11.3 Å². The number of amides is 1. The SMILES string of the molecule is CCC(Cl)CCNC(=O)c1cccnc1. The average molecular weight is 227 g/mol. The van der Waals surface area contributed by atoms with Crippen LogP contribution < -0.4 is 5.32 Å². The molecular weight excluding hydrogens is 212 g/mol. The van der Waals surface area contributed by atoms with Gasteiger partial charge < -0.3 is 5.32 Å². The number of rotatable bonds is 5. The smallest absolute Gasteiger partial charge is 0.252 e. The zero-order valence-electron chi connectivity index (χ0n) is 8.74. The fourth-order valence-electron chi connectivity index (χ4n) is 1.15. The van der Waals surface area contributed by atoms with Gasteiger partial charge in [0.1, 0.15) is 0 Å². The summed E-state index contributed by atoms with van der Waals surface area (Å²) in [5.41, 5.74) is 0.583. The van der Waals surface area contributed by atoms with Crippen LogP contribution in [0.25, 0.3) is 0 Å². The standard InChI is InChI=1S/C11H15ClN2O/c1-2-10(12)5-7-14-11(15)9-4-3-6-13-8-9/h3-4,6,8,10H,2,5,7H2,1H3,(H,14,15). The Balaban J connectivity index is 2.31. The molecule has 0 bridgehead atoms. The van der Waals surface area contributed by atoms with E-state index in [1.807, 2.05) is 6.92 Å². The Morgan fingerprint density at radius 1 is 1.67 bits per heavy atom. The van der Waals surface area contributed by atoms with Crippen molar-refractivity contribution in [2.45, 2.75) is 25.1 Å². The predicted octanol–water partition coefficient (Wildman–Crippen LogP) is 2.22. The summed E-state index contributed by atoms with van der Waals surface area (Å²) in [6, 6.07) is 3.48. The van der Waals surface area contributed by atoms with Crippen LogP contribution in [-0.4, -0.2) is 22.8 Å². The lowest BCUT2D eigenvalue weighted by Crippen LogP contribution is -2.26. The third-order valence-corrected chi connectivity index (χ3v) is 2.64. The number of pyridine rings is 1. The van der Waals surface area contributed by atoms with Crippen LogP contribution in [0, 0.1) is 0 Å². The van der Waals surface area contributed by atoms with E-state index in [0.717, 1.165) is 12.8 Å². The average Bonchev–Trinajstić information content (AvgIpc) is 2.29. The monoisotopic (exact) mass is 226 g/mol. The molecule has 1 N–H and O–H groups in total. The Bertz CT molecular complexity index is 303. The molecule has 1 unspecified atom stereocenters. The van der Waals surface area contributed by atoms with E-state index >= 15 is 0 Å². The van der Waals surface area contributed by atoms with Gasteiger partial charge in [-0.1, -0.05) is 6.92 Å². The van der Waals surface area contributed by atoms with E-state index in [1.165, 1.54) is 0 Å². The molecule has 1 atom stereocenters. The molecule has 1 aromatic heterocycles. The zero-order chi connectivity index (χ0) is 11.1. The summed E-state index contributed by atoms with van der Waals surface area (Å²) in [7, 11) is 0. The van der Waals surface area contributed by atoms with Crippen LogP contribution in [-0.2, 0) is 0 Å². The van der Waals surface area contributed by atoms with Crippen LogP contribution in [0.3, 0.4) is 0 Å². The van der Waals surface area contributed by atoms with E-state index in [4.69, 9.17) is 11.6 Å². The van der Waals surface area contributed by atoms with Crippen molar-refractivity contribution in [1.82, 2.24) is 10.3 Å². The Kier molecular flexibility index (Phi) is 5.12. The van der Waals surface area contributed by atoms with Gasteiger partial charge in [-0.2, -0.15) is 0 Å². The maximum Gasteiger partial charge on any atom is 0.252 e. The lowest BCUT2D eigenvalue weighted by atomic mass is 10.2. The van der Waals surface area contributed by atoms with Crippen molar-refractivity contribution in [1.29, 1.82) is 0 Å². The molecule has 1 aromatic rings. The first kappa shape index (κ1) is 12.0. The van der Waals surface area contributed by atoms with E-state index in [9.17, 15) is 4.79 Å². The highest BCUT2D eigenvalue weighted by Gasteiger charge is 2.05. The molecule has 0 saturated carbocycles. The molecule has 1 rings (SSSR count). The van der Waals surface area contributed by atoms with E-state index in [0.29, 0.717) is 12.1 Å². The number of halogens is 1. The Hall–Kier alpha value is -1.09. The van der Waals surface area contributed by atoms with Crippen molar-refractivity contribution in [3.05, 3.63) is 30.1 Å². The number of nitrogens with one attached hydrogen (secondary N) is 1. The van der Waals surface area contributed by atoms with Gasteiger partial charge in [0.25, 0.3) is 5.91 Å². The fourth-order valence-corrected chi connectivity index (χ4v) is 1.25. The highest BCUT2D eigenvalue weighted by atomic mass is 35.5. The maximum atomic E-state index is 11.5. The van der Waals surface area contributed by atoms with Gasteiger partial charge in [0.05, 0.1) is 5.56 Å². The van der Waals surface area contributed by atoms with Crippen molar-refractivity contribution < 1.29 is 4.79 Å². The second kappa shape index (κ2) is 6.40. The molecule has 0 aromatic carbocycles. The summed E-state index contributed by atoms with van der Waals surface area (Å²) >= 11 is 5.93. The lowest BCUT2D eigenvalue weighted by molar-refractivity contribution is 0.0953. The molecule has 0 aliphatic carbocycles. The molecule has 0 fully saturated rings. The first-order valence-corrected chi connectivity index (χ1v) is 5.50. The van der Waals surface area contributed by atoms with Gasteiger partial charge in [0.15, 0.2) is 0 Å². The van der Waals surface area contributed by atoms with Gasteiger partial charge in [-0.15, -0.1) is 11.6 Å². The molecule has 0 radical (unpaired) electrons. The summed E-state index contributed by atoms with van der Waals surface area (Å²) in [6.07, 6.45) is 4.91. The Morgan fingerprint density at radius 3 is 3.07 bits per heavy atom. The van der Waals surface area contributed by atoms with E-state index in [2.05, 4.69) is 10.3 Å². The summed E-state index contributed by atoms with van der Waals surface area (Å²) < 4.78 is 0. The van der Waals surface area contributed by atoms with Crippen molar-refractivity contribution in [2.24, 2.45) is 0 Å². The van der Waals surface area contributed by atoms with Crippen LogP contribution in [0.1, 0.15) is 30.1 Å². The maximum absolute atomic E-state index is 11.5. The first-order valence-electron chi connectivity index (χ1n) is 5.06. The molecule has 0 spiro atoms. The van der Waals surface area contributed by atoms with Crippen LogP contribution in [0.4, 0.5) is 0 Å². The molecule has 3 nitrogen and oxygen atoms in total. The minimum Gasteiger partial charge on any atom is -0.352 e. The summed E-state index contributed by atoms with van der Waals surface area (Å²) in [6.45, 7) is 2.64. The third kappa shape index (κ3) is 4.30. The molecule has 4 heteroatoms. The fraction of sp³-hybridized carbons (Fsp3) is 0.455. The normalized spacial score (nSPS) is 12.1. The van der Waals surface area contributed by atoms with Crippen LogP contribution in [0.15, 0.2) is 24.5 Å². The van der Waals surface area contributed by atoms with Gasteiger partial charge in [-0.3, -0.25) is 9.78 Å². The van der Waals surface area contributed by atoms with Crippen LogP contribution >= 0.6 is 11.6 Å². The van der Waals surface area contributed by atoms with E-state index < -0.39 is 0 Å². The van der Waals surface area contributed by atoms with Gasteiger partial charge in [-0.25, -0.2) is 0 Å². The summed E-state index contributed by atoms with van der Waals surface area (Å²) in [4.78, 5) is 15.4. The minimum absolute atomic E-state index is 0.0944. The zero-order valence-corrected chi connectivity index (χ0v) is 9.50. The summed E-state index contributed by atoms with van der Waals surface area (Å²) in [5, 5.41) is 2.94. The van der Waals surface area contributed by atoms with Gasteiger partial charge in [0, 0.05) is 24.3 Å². The molecule has 1 amide bonds. The Labute approximate surface area is 94.9 Å². The van der Waals surface area contributed by atoms with Crippen molar-refractivity contribution in [3.8, 4) is 0 Å². The lowest BCUT2D eigenvalue weighted by Gasteiger charge is -2.07. The molecule has 0 aliphatic rings. The minimum atomic E-state index is -0.0944. The highest BCUT2D eigenvalue weighted by Crippen LogP contribution is 2.05. The number of nitrogens with zero attached hydrogens (tertiary/aromatic N) is 1. The van der Waals surface area contributed by atoms with Gasteiger partial charge >= 0.3 is 0 Å². The highest BCUT2D eigenvalue weighted by molar-refractivity contribution is 6.20. The molecule has 1 heterocycles. The van der Waals surface area contributed by atoms with E-state index in [1.54, 1.807) is 24.5 Å². The molecule has 82 valence electrons. The molecule has 15 heavy (non-hydrogen) atoms.